The Bertz CT molecular complexity index is 1330. The number of nitrogens with zero attached hydrogens (tertiary/aromatic N) is 4. The van der Waals surface area contributed by atoms with Crippen molar-refractivity contribution in [2.24, 2.45) is 0 Å². The van der Waals surface area contributed by atoms with Crippen LogP contribution < -0.4 is 5.32 Å². The lowest BCUT2D eigenvalue weighted by Gasteiger charge is -2.11. The van der Waals surface area contributed by atoms with E-state index in [-0.39, 0.29) is 28.0 Å². The molecule has 0 aliphatic rings. The van der Waals surface area contributed by atoms with Crippen LogP contribution in [-0.2, 0) is 11.3 Å². The van der Waals surface area contributed by atoms with Gasteiger partial charge in [-0.15, -0.1) is 10.2 Å². The van der Waals surface area contributed by atoms with Gasteiger partial charge in [0.15, 0.2) is 11.0 Å². The molecule has 0 fully saturated rings. The van der Waals surface area contributed by atoms with E-state index in [1.165, 1.54) is 30.3 Å². The van der Waals surface area contributed by atoms with Crippen LogP contribution in [0.25, 0.3) is 11.4 Å². The molecule has 0 bridgehead atoms. The molecule has 4 aromatic rings. The summed E-state index contributed by atoms with van der Waals surface area (Å²) in [6.07, 6.45) is 0. The third kappa shape index (κ3) is 5.59. The fraction of sp³-hybridized carbons (Fsp3) is 0.0870. The molecule has 1 heterocycles. The van der Waals surface area contributed by atoms with Crippen molar-refractivity contribution in [3.05, 3.63) is 99.3 Å². The number of amides is 1. The number of aromatic nitrogens is 3. The first-order valence-electron chi connectivity index (χ1n) is 10.0. The molecule has 1 N–H and O–H groups in total. The van der Waals surface area contributed by atoms with Crippen molar-refractivity contribution in [3.8, 4) is 11.4 Å². The summed E-state index contributed by atoms with van der Waals surface area (Å²) in [5.74, 6) is -0.343. The van der Waals surface area contributed by atoms with Crippen molar-refractivity contribution in [1.82, 2.24) is 14.8 Å². The Labute approximate surface area is 202 Å². The number of nitrogens with one attached hydrogen (secondary N) is 1. The Kier molecular flexibility index (Phi) is 7.19. The minimum atomic E-state index is -0.611. The van der Waals surface area contributed by atoms with Gasteiger partial charge in [-0.25, -0.2) is 4.39 Å². The zero-order valence-electron chi connectivity index (χ0n) is 17.5. The van der Waals surface area contributed by atoms with E-state index in [4.69, 9.17) is 11.6 Å². The van der Waals surface area contributed by atoms with Gasteiger partial charge in [0.25, 0.3) is 5.69 Å². The summed E-state index contributed by atoms with van der Waals surface area (Å²) < 4.78 is 15.2. The van der Waals surface area contributed by atoms with Gasteiger partial charge in [-0.05, 0) is 42.0 Å². The van der Waals surface area contributed by atoms with Crippen LogP contribution in [0.5, 0.6) is 0 Å². The van der Waals surface area contributed by atoms with E-state index in [9.17, 15) is 19.3 Å². The highest BCUT2D eigenvalue weighted by Crippen LogP contribution is 2.29. The number of thioether (sulfide) groups is 1. The molecule has 1 aromatic heterocycles. The monoisotopic (exact) mass is 497 g/mol. The third-order valence-corrected chi connectivity index (χ3v) is 5.97. The van der Waals surface area contributed by atoms with Gasteiger partial charge in [0, 0.05) is 16.7 Å². The second-order valence-corrected chi connectivity index (χ2v) is 8.52. The fourth-order valence-electron chi connectivity index (χ4n) is 3.19. The first-order valence-corrected chi connectivity index (χ1v) is 11.4. The lowest BCUT2D eigenvalue weighted by atomic mass is 10.2. The Hall–Kier alpha value is -3.76. The lowest BCUT2D eigenvalue weighted by molar-refractivity contribution is -0.383. The van der Waals surface area contributed by atoms with Crippen molar-refractivity contribution in [2.45, 2.75) is 11.7 Å². The van der Waals surface area contributed by atoms with Crippen LogP contribution in [0.1, 0.15) is 5.56 Å². The molecule has 0 spiro atoms. The average molecular weight is 498 g/mol. The molecular weight excluding hydrogens is 481 g/mol. The van der Waals surface area contributed by atoms with Crippen molar-refractivity contribution < 1.29 is 14.1 Å². The number of benzene rings is 3. The fourth-order valence-corrected chi connectivity index (χ4v) is 4.10. The predicted molar refractivity (Wildman–Crippen MR) is 128 cm³/mol. The summed E-state index contributed by atoms with van der Waals surface area (Å²) in [5, 5.41) is 23.0. The number of halogens is 2. The van der Waals surface area contributed by atoms with E-state index in [0.29, 0.717) is 23.1 Å². The number of anilines is 1. The van der Waals surface area contributed by atoms with E-state index in [0.717, 1.165) is 17.3 Å². The molecule has 0 radical (unpaired) electrons. The maximum absolute atomic E-state index is 13.4. The smallest absolute Gasteiger partial charge is 0.294 e. The van der Waals surface area contributed by atoms with Gasteiger partial charge in [-0.3, -0.25) is 19.5 Å². The van der Waals surface area contributed by atoms with Gasteiger partial charge in [-0.1, -0.05) is 53.7 Å². The summed E-state index contributed by atoms with van der Waals surface area (Å²) in [6.45, 7) is 0.438. The highest BCUT2D eigenvalue weighted by Gasteiger charge is 2.19. The number of hydrogen-bond donors (Lipinski definition) is 1. The van der Waals surface area contributed by atoms with Gasteiger partial charge in [0.1, 0.15) is 11.5 Å². The van der Waals surface area contributed by atoms with Crippen molar-refractivity contribution in [3.63, 3.8) is 0 Å². The lowest BCUT2D eigenvalue weighted by Crippen LogP contribution is -2.16. The van der Waals surface area contributed by atoms with Crippen molar-refractivity contribution >= 4 is 40.6 Å². The first-order chi connectivity index (χ1) is 16.4. The normalized spacial score (nSPS) is 10.8. The van der Waals surface area contributed by atoms with E-state index in [1.807, 2.05) is 34.9 Å². The summed E-state index contributed by atoms with van der Waals surface area (Å²) in [5.41, 5.74) is 1.43. The second-order valence-electron chi connectivity index (χ2n) is 7.14. The highest BCUT2D eigenvalue weighted by atomic mass is 35.5. The van der Waals surface area contributed by atoms with Crippen molar-refractivity contribution in [2.75, 3.05) is 11.1 Å². The molecule has 0 saturated carbocycles. The minimum Gasteiger partial charge on any atom is -0.320 e. The maximum Gasteiger partial charge on any atom is 0.294 e. The zero-order valence-corrected chi connectivity index (χ0v) is 19.1. The molecule has 8 nitrogen and oxygen atoms in total. The number of carbonyl (C=O) groups is 1. The number of rotatable bonds is 8. The summed E-state index contributed by atoms with van der Waals surface area (Å²) in [4.78, 5) is 23.2. The standard InChI is InChI=1S/C23H17ClFN5O3S/c24-17-8-11-19(20(12-17)30(32)33)26-21(31)14-34-23-28-27-22(16-6-9-18(25)10-7-16)29(23)13-15-4-2-1-3-5-15/h1-12H,13-14H2,(H,26,31). The molecule has 1 amide bonds. The van der Waals surface area contributed by atoms with Gasteiger partial charge < -0.3 is 5.32 Å². The molecule has 4 rings (SSSR count). The molecule has 11 heteroatoms. The van der Waals surface area contributed by atoms with E-state index >= 15 is 0 Å². The van der Waals surface area contributed by atoms with E-state index in [1.54, 1.807) is 12.1 Å². The second kappa shape index (κ2) is 10.4. The van der Waals surface area contributed by atoms with E-state index in [2.05, 4.69) is 15.5 Å². The minimum absolute atomic E-state index is 0.0535. The summed E-state index contributed by atoms with van der Waals surface area (Å²) >= 11 is 6.96. The summed E-state index contributed by atoms with van der Waals surface area (Å²) in [7, 11) is 0. The highest BCUT2D eigenvalue weighted by molar-refractivity contribution is 7.99. The molecule has 0 aliphatic heterocycles. The topological polar surface area (TPSA) is 103 Å². The molecule has 34 heavy (non-hydrogen) atoms. The van der Waals surface area contributed by atoms with E-state index < -0.39 is 10.8 Å². The van der Waals surface area contributed by atoms with Gasteiger partial charge >= 0.3 is 0 Å². The van der Waals surface area contributed by atoms with Crippen LogP contribution in [0.2, 0.25) is 5.02 Å². The van der Waals surface area contributed by atoms with Crippen LogP contribution >= 0.6 is 23.4 Å². The number of carbonyl (C=O) groups excluding carboxylic acids is 1. The van der Waals surface area contributed by atoms with Gasteiger partial charge in [-0.2, -0.15) is 0 Å². The number of nitro groups is 1. The van der Waals surface area contributed by atoms with Crippen LogP contribution in [0, 0.1) is 15.9 Å². The zero-order chi connectivity index (χ0) is 24.1. The quantitative estimate of drug-likeness (QED) is 0.198. The SMILES string of the molecule is O=C(CSc1nnc(-c2ccc(F)cc2)n1Cc1ccccc1)Nc1ccc(Cl)cc1[N+](=O)[O-]. The van der Waals surface area contributed by atoms with Crippen LogP contribution in [0.15, 0.2) is 78.0 Å². The molecule has 0 unspecified atom stereocenters. The molecular formula is C23H17ClFN5O3S. The molecule has 3 aromatic carbocycles. The number of hydrogen-bond acceptors (Lipinski definition) is 6. The van der Waals surface area contributed by atoms with Crippen molar-refractivity contribution in [1.29, 1.82) is 0 Å². The third-order valence-electron chi connectivity index (χ3n) is 4.77. The first kappa shape index (κ1) is 23.4. The Morgan fingerprint density at radius 1 is 1.09 bits per heavy atom. The van der Waals surface area contributed by atoms with Gasteiger partial charge in [0.05, 0.1) is 17.2 Å². The average Bonchev–Trinajstić information content (AvgIpc) is 3.22. The molecule has 0 aliphatic carbocycles. The Morgan fingerprint density at radius 3 is 2.53 bits per heavy atom. The Morgan fingerprint density at radius 2 is 1.82 bits per heavy atom. The van der Waals surface area contributed by atoms with Crippen LogP contribution in [0.4, 0.5) is 15.8 Å². The largest absolute Gasteiger partial charge is 0.320 e. The van der Waals surface area contributed by atoms with Crippen LogP contribution in [0.3, 0.4) is 0 Å². The predicted octanol–water partition coefficient (Wildman–Crippen LogP) is 5.42. The number of nitro benzene ring substituents is 1. The van der Waals surface area contributed by atoms with Crippen LogP contribution in [-0.4, -0.2) is 31.3 Å². The molecule has 0 saturated heterocycles. The summed E-state index contributed by atoms with van der Waals surface area (Å²) in [6, 6.07) is 19.6. The maximum atomic E-state index is 13.4. The molecule has 172 valence electrons. The molecule has 0 atom stereocenters. The van der Waals surface area contributed by atoms with Gasteiger partial charge in [0.2, 0.25) is 5.91 Å². The Balaban J connectivity index is 1.55.